The van der Waals surface area contributed by atoms with Crippen LogP contribution in [-0.2, 0) is 14.2 Å². The van der Waals surface area contributed by atoms with Crippen molar-refractivity contribution in [3.05, 3.63) is 142 Å². The fourth-order valence-corrected chi connectivity index (χ4v) is 7.43. The van der Waals surface area contributed by atoms with Gasteiger partial charge in [-0.05, 0) is 61.4 Å². The molecule has 11 nitrogen and oxygen atoms in total. The maximum atomic E-state index is 13.0. The molecule has 0 N–H and O–H groups in total. The van der Waals surface area contributed by atoms with Gasteiger partial charge in [-0.3, -0.25) is 19.2 Å². The van der Waals surface area contributed by atoms with Gasteiger partial charge < -0.3 is 14.2 Å². The maximum Gasteiger partial charge on any atom is 0.346 e. The van der Waals surface area contributed by atoms with E-state index in [1.165, 1.54) is 187 Å². The van der Waals surface area contributed by atoms with Crippen molar-refractivity contribution in [1.29, 1.82) is 0 Å². The molecule has 0 bridgehead atoms. The molecule has 0 saturated heterocycles. The standard InChI is InChI=1S/C56H66O11/c1-3-5-7-9-11-13-15-17-19-21-39-65-53(61)45-31-23-41(24-32-45)49(57)51(59)43-27-35-47(36-28-43)55(63)67-56(64)48-37-29-44(30-38-48)52(60)50(58)42-25-33-46(34-26-42)54(62)66-40-22-20-18-16-14-12-10-8-6-4-2/h23-38H,3-22,39-40H2,1-2H3. The van der Waals surface area contributed by atoms with E-state index in [4.69, 9.17) is 14.2 Å². The largest absolute Gasteiger partial charge is 0.462 e. The molecule has 0 radical (unpaired) electrons. The molecule has 0 unspecified atom stereocenters. The molecule has 0 aliphatic rings. The highest BCUT2D eigenvalue weighted by atomic mass is 16.6. The van der Waals surface area contributed by atoms with Crippen LogP contribution in [0, 0.1) is 0 Å². The van der Waals surface area contributed by atoms with E-state index in [1.807, 2.05) is 0 Å². The summed E-state index contributed by atoms with van der Waals surface area (Å²) in [6, 6.07) is 21.3. The fourth-order valence-electron chi connectivity index (χ4n) is 7.43. The Bertz CT molecular complexity index is 2060. The monoisotopic (exact) mass is 914 g/mol. The summed E-state index contributed by atoms with van der Waals surface area (Å²) in [5.74, 6) is -6.36. The van der Waals surface area contributed by atoms with E-state index in [-0.39, 0.29) is 44.5 Å². The van der Waals surface area contributed by atoms with Crippen molar-refractivity contribution in [3.63, 3.8) is 0 Å². The molecule has 0 aliphatic heterocycles. The summed E-state index contributed by atoms with van der Waals surface area (Å²) >= 11 is 0. The average molecular weight is 915 g/mol. The topological polar surface area (TPSA) is 164 Å². The number of hydrogen-bond donors (Lipinski definition) is 0. The SMILES string of the molecule is CCCCCCCCCCCCOC(=O)c1ccc(C(=O)C(=O)c2ccc(C(=O)OC(=O)c3ccc(C(=O)C(=O)c4ccc(C(=O)OCCCCCCCCCCCC)cc4)cc3)cc2)cc1. The van der Waals surface area contributed by atoms with Crippen molar-refractivity contribution in [3.8, 4) is 0 Å². The lowest BCUT2D eigenvalue weighted by Gasteiger charge is -2.07. The summed E-state index contributed by atoms with van der Waals surface area (Å²) in [5.41, 5.74) is 0.538. The Hall–Kier alpha value is -6.36. The molecule has 4 aromatic carbocycles. The smallest absolute Gasteiger partial charge is 0.346 e. The number of hydrogen-bond acceptors (Lipinski definition) is 11. The van der Waals surface area contributed by atoms with Crippen LogP contribution in [0.4, 0.5) is 0 Å². The quantitative estimate of drug-likeness (QED) is 0.0114. The molecule has 0 spiro atoms. The molecule has 0 aromatic heterocycles. The summed E-state index contributed by atoms with van der Waals surface area (Å²) in [6.45, 7) is 5.04. The zero-order valence-corrected chi connectivity index (χ0v) is 39.3. The Balaban J connectivity index is 1.16. The summed E-state index contributed by atoms with van der Waals surface area (Å²) in [6.07, 6.45) is 23.4. The number of esters is 4. The van der Waals surface area contributed by atoms with Gasteiger partial charge in [-0.2, -0.15) is 0 Å². The Morgan fingerprint density at radius 1 is 0.269 bits per heavy atom. The second-order valence-corrected chi connectivity index (χ2v) is 16.9. The molecule has 0 atom stereocenters. The first-order valence-corrected chi connectivity index (χ1v) is 24.2. The first-order chi connectivity index (χ1) is 32.5. The van der Waals surface area contributed by atoms with E-state index in [1.54, 1.807) is 0 Å². The summed E-state index contributed by atoms with van der Waals surface area (Å²) in [4.78, 5) is 103. The van der Waals surface area contributed by atoms with Crippen LogP contribution in [-0.4, -0.2) is 60.2 Å². The highest BCUT2D eigenvalue weighted by Gasteiger charge is 2.23. The van der Waals surface area contributed by atoms with E-state index in [2.05, 4.69) is 13.8 Å². The Morgan fingerprint density at radius 2 is 0.463 bits per heavy atom. The van der Waals surface area contributed by atoms with Gasteiger partial charge in [0.25, 0.3) is 0 Å². The minimum atomic E-state index is -1.02. The maximum absolute atomic E-state index is 13.0. The molecule has 0 aliphatic carbocycles. The molecular formula is C56H66O11. The van der Waals surface area contributed by atoms with E-state index in [0.29, 0.717) is 13.2 Å². The molecule has 67 heavy (non-hydrogen) atoms. The molecule has 0 saturated carbocycles. The zero-order valence-electron chi connectivity index (χ0n) is 39.3. The molecule has 11 heteroatoms. The second kappa shape index (κ2) is 30.0. The van der Waals surface area contributed by atoms with Crippen LogP contribution in [0.25, 0.3) is 0 Å². The summed E-state index contributed by atoms with van der Waals surface area (Å²) in [7, 11) is 0. The van der Waals surface area contributed by atoms with Crippen LogP contribution in [0.5, 0.6) is 0 Å². The highest BCUT2D eigenvalue weighted by Crippen LogP contribution is 2.17. The van der Waals surface area contributed by atoms with Gasteiger partial charge >= 0.3 is 23.9 Å². The lowest BCUT2D eigenvalue weighted by Crippen LogP contribution is -2.17. The van der Waals surface area contributed by atoms with Crippen molar-refractivity contribution < 1.29 is 52.6 Å². The number of carbonyl (C=O) groups is 8. The zero-order chi connectivity index (χ0) is 48.2. The average Bonchev–Trinajstić information content (AvgIpc) is 3.36. The first kappa shape index (κ1) is 53.3. The van der Waals surface area contributed by atoms with E-state index < -0.39 is 47.0 Å². The van der Waals surface area contributed by atoms with Crippen LogP contribution in [0.2, 0.25) is 0 Å². The third kappa shape index (κ3) is 18.4. The number of benzene rings is 4. The Morgan fingerprint density at radius 3 is 0.701 bits per heavy atom. The van der Waals surface area contributed by atoms with Gasteiger partial charge in [-0.25, -0.2) is 19.2 Å². The molecule has 356 valence electrons. The summed E-state index contributed by atoms with van der Waals surface area (Å²) in [5, 5.41) is 0. The predicted octanol–water partition coefficient (Wildman–Crippen LogP) is 13.0. The Labute approximate surface area is 395 Å². The molecule has 4 rings (SSSR count). The van der Waals surface area contributed by atoms with Gasteiger partial charge in [0.1, 0.15) is 0 Å². The van der Waals surface area contributed by atoms with Crippen molar-refractivity contribution in [1.82, 2.24) is 0 Å². The normalized spacial score (nSPS) is 10.8. The number of carbonyl (C=O) groups excluding carboxylic acids is 8. The third-order valence-corrected chi connectivity index (χ3v) is 11.6. The lowest BCUT2D eigenvalue weighted by molar-refractivity contribution is 0.0394. The van der Waals surface area contributed by atoms with Crippen LogP contribution in [0.3, 0.4) is 0 Å². The van der Waals surface area contributed by atoms with E-state index in [9.17, 15) is 38.4 Å². The molecule has 0 fully saturated rings. The van der Waals surface area contributed by atoms with E-state index in [0.717, 1.165) is 38.5 Å². The predicted molar refractivity (Wildman–Crippen MR) is 257 cm³/mol. The van der Waals surface area contributed by atoms with Crippen molar-refractivity contribution >= 4 is 47.0 Å². The minimum absolute atomic E-state index is 0.00378. The first-order valence-electron chi connectivity index (χ1n) is 24.2. The van der Waals surface area contributed by atoms with Gasteiger partial charge in [0, 0.05) is 22.3 Å². The third-order valence-electron chi connectivity index (χ3n) is 11.6. The number of unbranched alkanes of at least 4 members (excludes halogenated alkanes) is 18. The number of Topliss-reactive ketones (excluding diaryl/α,β-unsaturated/α-hetero) is 4. The van der Waals surface area contributed by atoms with Gasteiger partial charge in [-0.15, -0.1) is 0 Å². The lowest BCUT2D eigenvalue weighted by atomic mass is 9.99. The molecule has 4 aromatic rings. The van der Waals surface area contributed by atoms with Crippen molar-refractivity contribution in [2.45, 2.75) is 142 Å². The van der Waals surface area contributed by atoms with E-state index >= 15 is 0 Å². The van der Waals surface area contributed by atoms with Crippen LogP contribution in [0.15, 0.2) is 97.1 Å². The number of ether oxygens (including phenoxy) is 3. The number of rotatable bonds is 32. The number of ketones is 4. The van der Waals surface area contributed by atoms with Gasteiger partial charge in [0.2, 0.25) is 23.1 Å². The summed E-state index contributed by atoms with van der Waals surface area (Å²) < 4.78 is 15.7. The van der Waals surface area contributed by atoms with Gasteiger partial charge in [0.05, 0.1) is 35.5 Å². The Kier molecular flexibility index (Phi) is 23.9. The fraction of sp³-hybridized carbons (Fsp3) is 0.429. The van der Waals surface area contributed by atoms with Crippen molar-refractivity contribution in [2.24, 2.45) is 0 Å². The molecular weight excluding hydrogens is 849 g/mol. The van der Waals surface area contributed by atoms with Crippen molar-refractivity contribution in [2.75, 3.05) is 13.2 Å². The molecule has 0 amide bonds. The van der Waals surface area contributed by atoms with Crippen LogP contribution < -0.4 is 0 Å². The van der Waals surface area contributed by atoms with Gasteiger partial charge in [0.15, 0.2) is 0 Å². The van der Waals surface area contributed by atoms with Crippen LogP contribution in [0.1, 0.15) is 225 Å². The van der Waals surface area contributed by atoms with Crippen LogP contribution >= 0.6 is 0 Å². The highest BCUT2D eigenvalue weighted by molar-refractivity contribution is 6.49. The van der Waals surface area contributed by atoms with Gasteiger partial charge in [-0.1, -0.05) is 178 Å². The second-order valence-electron chi connectivity index (χ2n) is 16.9. The molecule has 0 heterocycles. The minimum Gasteiger partial charge on any atom is -0.462 e.